The Morgan fingerprint density at radius 2 is 2.47 bits per heavy atom. The molecule has 4 heteroatoms. The molecule has 1 rings (SSSR count). The number of hydrogen-bond donors (Lipinski definition) is 2. The van der Waals surface area contributed by atoms with Crippen molar-refractivity contribution in [3.8, 4) is 0 Å². The van der Waals surface area contributed by atoms with E-state index >= 15 is 0 Å². The molecular weight excluding hydrogens is 210 g/mol. The maximum Gasteiger partial charge on any atom is 0.0922 e. The van der Waals surface area contributed by atoms with Crippen molar-refractivity contribution in [3.05, 3.63) is 22.4 Å². The molecule has 1 aromatic rings. The number of nitrogens with one attached hydrogen (secondary N) is 1. The van der Waals surface area contributed by atoms with Crippen LogP contribution in [0.4, 0.5) is 0 Å². The van der Waals surface area contributed by atoms with Crippen molar-refractivity contribution < 1.29 is 9.84 Å². The van der Waals surface area contributed by atoms with E-state index in [2.05, 4.69) is 5.32 Å². The molecule has 1 aromatic heterocycles. The van der Waals surface area contributed by atoms with Crippen molar-refractivity contribution in [2.24, 2.45) is 0 Å². The highest BCUT2D eigenvalue weighted by molar-refractivity contribution is 7.07. The predicted octanol–water partition coefficient (Wildman–Crippen LogP) is 1.80. The Labute approximate surface area is 95.1 Å². The average molecular weight is 229 g/mol. The van der Waals surface area contributed by atoms with Gasteiger partial charge in [-0.3, -0.25) is 0 Å². The van der Waals surface area contributed by atoms with Gasteiger partial charge in [0.2, 0.25) is 0 Å². The van der Waals surface area contributed by atoms with Gasteiger partial charge in [0.1, 0.15) is 0 Å². The standard InChI is InChI=1S/C11H19NO2S/c1-2-14-6-3-5-12-8-11(13)10-4-7-15-9-10/h4,7,9,11-13H,2-3,5-6,8H2,1H3. The average Bonchev–Trinajstić information content (AvgIpc) is 2.76. The summed E-state index contributed by atoms with van der Waals surface area (Å²) in [6.07, 6.45) is 0.604. The molecule has 0 saturated heterocycles. The fourth-order valence-corrected chi connectivity index (χ4v) is 1.97. The summed E-state index contributed by atoms with van der Waals surface area (Å²) in [6.45, 7) is 5.06. The van der Waals surface area contributed by atoms with Gasteiger partial charge in [-0.05, 0) is 42.3 Å². The quantitative estimate of drug-likeness (QED) is 0.668. The van der Waals surface area contributed by atoms with Crippen LogP contribution >= 0.6 is 11.3 Å². The summed E-state index contributed by atoms with van der Waals surface area (Å²) in [7, 11) is 0. The minimum Gasteiger partial charge on any atom is -0.387 e. The third-order valence-electron chi connectivity index (χ3n) is 2.11. The highest BCUT2D eigenvalue weighted by Gasteiger charge is 2.06. The topological polar surface area (TPSA) is 41.5 Å². The molecule has 0 fully saturated rings. The van der Waals surface area contributed by atoms with Gasteiger partial charge in [-0.1, -0.05) is 0 Å². The molecule has 1 heterocycles. The van der Waals surface area contributed by atoms with Crippen molar-refractivity contribution in [2.75, 3.05) is 26.3 Å². The molecule has 0 saturated carbocycles. The lowest BCUT2D eigenvalue weighted by Crippen LogP contribution is -2.23. The molecule has 0 aliphatic rings. The van der Waals surface area contributed by atoms with Gasteiger partial charge in [-0.2, -0.15) is 11.3 Å². The molecule has 3 nitrogen and oxygen atoms in total. The van der Waals surface area contributed by atoms with Crippen molar-refractivity contribution in [3.63, 3.8) is 0 Å². The lowest BCUT2D eigenvalue weighted by atomic mass is 10.2. The number of thiophene rings is 1. The van der Waals surface area contributed by atoms with Crippen molar-refractivity contribution in [1.29, 1.82) is 0 Å². The van der Waals surface area contributed by atoms with Crippen LogP contribution in [-0.4, -0.2) is 31.4 Å². The van der Waals surface area contributed by atoms with E-state index in [1.807, 2.05) is 23.8 Å². The molecule has 0 radical (unpaired) electrons. The lowest BCUT2D eigenvalue weighted by molar-refractivity contribution is 0.141. The van der Waals surface area contributed by atoms with Gasteiger partial charge in [-0.15, -0.1) is 0 Å². The van der Waals surface area contributed by atoms with E-state index in [1.165, 1.54) is 0 Å². The Hall–Kier alpha value is -0.420. The van der Waals surface area contributed by atoms with Crippen LogP contribution in [-0.2, 0) is 4.74 Å². The highest BCUT2D eigenvalue weighted by Crippen LogP contribution is 2.14. The summed E-state index contributed by atoms with van der Waals surface area (Å²) in [5.74, 6) is 0. The lowest BCUT2D eigenvalue weighted by Gasteiger charge is -2.10. The highest BCUT2D eigenvalue weighted by atomic mass is 32.1. The summed E-state index contributed by atoms with van der Waals surface area (Å²) in [4.78, 5) is 0. The number of rotatable bonds is 8. The van der Waals surface area contributed by atoms with Gasteiger partial charge >= 0.3 is 0 Å². The zero-order valence-corrected chi connectivity index (χ0v) is 9.93. The molecule has 1 unspecified atom stereocenters. The van der Waals surface area contributed by atoms with Crippen LogP contribution in [0.3, 0.4) is 0 Å². The summed E-state index contributed by atoms with van der Waals surface area (Å²) in [6, 6.07) is 1.96. The first-order valence-corrected chi connectivity index (χ1v) is 6.27. The number of hydrogen-bond acceptors (Lipinski definition) is 4. The molecule has 15 heavy (non-hydrogen) atoms. The van der Waals surface area contributed by atoms with E-state index in [0.717, 1.165) is 31.7 Å². The van der Waals surface area contributed by atoms with Gasteiger partial charge in [-0.25, -0.2) is 0 Å². The molecule has 86 valence electrons. The molecule has 0 amide bonds. The Bertz CT molecular complexity index is 239. The van der Waals surface area contributed by atoms with E-state index in [9.17, 15) is 5.11 Å². The summed E-state index contributed by atoms with van der Waals surface area (Å²) in [5, 5.41) is 16.9. The normalized spacial score (nSPS) is 12.9. The van der Waals surface area contributed by atoms with Crippen molar-refractivity contribution in [2.45, 2.75) is 19.4 Å². The van der Waals surface area contributed by atoms with E-state index in [4.69, 9.17) is 4.74 Å². The van der Waals surface area contributed by atoms with Gasteiger partial charge < -0.3 is 15.2 Å². The zero-order valence-electron chi connectivity index (χ0n) is 9.11. The van der Waals surface area contributed by atoms with Gasteiger partial charge in [0.05, 0.1) is 6.10 Å². The summed E-state index contributed by atoms with van der Waals surface area (Å²) < 4.78 is 5.21. The van der Waals surface area contributed by atoms with Crippen LogP contribution in [0.25, 0.3) is 0 Å². The largest absolute Gasteiger partial charge is 0.387 e. The zero-order chi connectivity index (χ0) is 10.9. The monoisotopic (exact) mass is 229 g/mol. The van der Waals surface area contributed by atoms with Crippen LogP contribution in [0.1, 0.15) is 25.0 Å². The molecule has 1 atom stereocenters. The maximum atomic E-state index is 9.73. The SMILES string of the molecule is CCOCCCNCC(O)c1ccsc1. The van der Waals surface area contributed by atoms with E-state index in [0.29, 0.717) is 6.54 Å². The third-order valence-corrected chi connectivity index (χ3v) is 2.81. The smallest absolute Gasteiger partial charge is 0.0922 e. The van der Waals surface area contributed by atoms with Gasteiger partial charge in [0.25, 0.3) is 0 Å². The van der Waals surface area contributed by atoms with Crippen LogP contribution in [0.2, 0.25) is 0 Å². The van der Waals surface area contributed by atoms with E-state index in [-0.39, 0.29) is 6.10 Å². The maximum absolute atomic E-state index is 9.73. The second-order valence-electron chi connectivity index (χ2n) is 3.33. The minimum atomic E-state index is -0.386. The summed E-state index contributed by atoms with van der Waals surface area (Å²) >= 11 is 1.61. The Morgan fingerprint density at radius 1 is 1.60 bits per heavy atom. The molecule has 0 aliphatic heterocycles. The Kier molecular flexibility index (Phi) is 6.59. The first-order valence-electron chi connectivity index (χ1n) is 5.33. The van der Waals surface area contributed by atoms with E-state index in [1.54, 1.807) is 11.3 Å². The fourth-order valence-electron chi connectivity index (χ4n) is 1.26. The molecule has 0 aliphatic carbocycles. The fraction of sp³-hybridized carbons (Fsp3) is 0.636. The van der Waals surface area contributed by atoms with Gasteiger partial charge in [0, 0.05) is 19.8 Å². The second kappa shape index (κ2) is 7.82. The molecule has 0 spiro atoms. The Morgan fingerprint density at radius 3 is 3.13 bits per heavy atom. The molecule has 0 bridgehead atoms. The summed E-state index contributed by atoms with van der Waals surface area (Å²) in [5.41, 5.74) is 0.998. The van der Waals surface area contributed by atoms with Crippen molar-refractivity contribution >= 4 is 11.3 Å². The van der Waals surface area contributed by atoms with Gasteiger partial charge in [0.15, 0.2) is 0 Å². The van der Waals surface area contributed by atoms with Crippen LogP contribution in [0.15, 0.2) is 16.8 Å². The molecule has 0 aromatic carbocycles. The number of aliphatic hydroxyl groups is 1. The van der Waals surface area contributed by atoms with E-state index < -0.39 is 0 Å². The molecular formula is C11H19NO2S. The Balaban J connectivity index is 2.00. The number of ether oxygens (including phenoxy) is 1. The molecule has 2 N–H and O–H groups in total. The third kappa shape index (κ3) is 5.28. The van der Waals surface area contributed by atoms with Crippen LogP contribution in [0, 0.1) is 0 Å². The second-order valence-corrected chi connectivity index (χ2v) is 4.11. The minimum absolute atomic E-state index is 0.386. The first-order chi connectivity index (χ1) is 7.34. The van der Waals surface area contributed by atoms with Crippen LogP contribution in [0.5, 0.6) is 0 Å². The predicted molar refractivity (Wildman–Crippen MR) is 63.3 cm³/mol. The first kappa shape index (κ1) is 12.6. The number of aliphatic hydroxyl groups excluding tert-OH is 1. The van der Waals surface area contributed by atoms with Crippen LogP contribution < -0.4 is 5.32 Å². The van der Waals surface area contributed by atoms with Crippen molar-refractivity contribution in [1.82, 2.24) is 5.32 Å².